The van der Waals surface area contributed by atoms with E-state index in [-0.39, 0.29) is 68.0 Å². The largest absolute Gasteiger partial charge is 1.00 e. The van der Waals surface area contributed by atoms with Crippen LogP contribution in [0.15, 0.2) is 75.8 Å². The SMILES string of the molecule is COc1c(Cl)cccc1NC(=O)c1cc2ccccc2c(N=Nc2ccc(C)c(Cl)c2S(=O)(=O)O)c1[O-].[Na+]. The summed E-state index contributed by atoms with van der Waals surface area (Å²) < 4.78 is 38.8. The summed E-state index contributed by atoms with van der Waals surface area (Å²) in [7, 11) is -3.37. The van der Waals surface area contributed by atoms with E-state index in [4.69, 9.17) is 27.9 Å². The van der Waals surface area contributed by atoms with Crippen molar-refractivity contribution in [3.63, 3.8) is 0 Å². The van der Waals surface area contributed by atoms with Crippen LogP contribution >= 0.6 is 23.2 Å². The van der Waals surface area contributed by atoms with Gasteiger partial charge in [-0.2, -0.15) is 13.5 Å². The molecule has 0 aliphatic rings. The fourth-order valence-electron chi connectivity index (χ4n) is 3.65. The molecule has 0 aromatic heterocycles. The number of hydrogen-bond acceptors (Lipinski definition) is 7. The standard InChI is InChI=1S/C25H19Cl2N3O6S.Na/c1-13-10-11-19(24(20(13)27)37(33,34)35)29-30-21-15-7-4-3-6-14(15)12-16(22(21)31)25(32)28-18-9-5-8-17(26)23(18)36-2;/h3-12,31H,1-2H3,(H,28,32)(H,33,34,35);/q;+1/p-1. The summed E-state index contributed by atoms with van der Waals surface area (Å²) in [6.45, 7) is 1.55. The minimum atomic E-state index is -4.76. The Balaban J connectivity index is 0.00000400. The summed E-state index contributed by atoms with van der Waals surface area (Å²) in [6, 6.07) is 15.6. The van der Waals surface area contributed by atoms with Crippen molar-refractivity contribution in [2.45, 2.75) is 11.8 Å². The number of para-hydroxylation sites is 1. The number of benzene rings is 4. The first-order chi connectivity index (χ1) is 17.5. The normalized spacial score (nSPS) is 11.4. The molecular weight excluding hydrogens is 564 g/mol. The molecule has 4 rings (SSSR count). The van der Waals surface area contributed by atoms with Gasteiger partial charge in [-0.3, -0.25) is 9.35 Å². The predicted octanol–water partition coefficient (Wildman–Crippen LogP) is 3.46. The molecule has 2 N–H and O–H groups in total. The first-order valence-electron chi connectivity index (χ1n) is 10.6. The Morgan fingerprint density at radius 3 is 2.45 bits per heavy atom. The van der Waals surface area contributed by atoms with Crippen LogP contribution in [0.1, 0.15) is 15.9 Å². The van der Waals surface area contributed by atoms with E-state index in [1.807, 2.05) is 0 Å². The molecule has 0 radical (unpaired) electrons. The van der Waals surface area contributed by atoms with Gasteiger partial charge in [0.25, 0.3) is 16.0 Å². The van der Waals surface area contributed by atoms with Gasteiger partial charge < -0.3 is 15.2 Å². The van der Waals surface area contributed by atoms with E-state index in [0.717, 1.165) is 0 Å². The van der Waals surface area contributed by atoms with Gasteiger partial charge in [-0.05, 0) is 42.1 Å². The number of nitrogens with one attached hydrogen (secondary N) is 1. The van der Waals surface area contributed by atoms with Gasteiger partial charge in [0.05, 0.1) is 28.5 Å². The van der Waals surface area contributed by atoms with Crippen LogP contribution in [0.25, 0.3) is 10.8 Å². The molecule has 0 spiro atoms. The van der Waals surface area contributed by atoms with Crippen molar-refractivity contribution < 1.29 is 57.2 Å². The molecule has 0 fully saturated rings. The molecule has 4 aromatic carbocycles. The second-order valence-electron chi connectivity index (χ2n) is 7.82. The van der Waals surface area contributed by atoms with E-state index >= 15 is 0 Å². The van der Waals surface area contributed by atoms with Crippen LogP contribution in [0.2, 0.25) is 10.0 Å². The quantitative estimate of drug-likeness (QED) is 0.203. The number of hydrogen-bond donors (Lipinski definition) is 2. The van der Waals surface area contributed by atoms with Crippen molar-refractivity contribution in [1.29, 1.82) is 0 Å². The molecule has 0 bridgehead atoms. The van der Waals surface area contributed by atoms with Gasteiger partial charge >= 0.3 is 29.6 Å². The Kier molecular flexibility index (Phi) is 9.43. The van der Waals surface area contributed by atoms with Gasteiger partial charge in [-0.1, -0.05) is 65.3 Å². The molecule has 0 aliphatic heterocycles. The topological polar surface area (TPSA) is 140 Å². The molecule has 0 saturated carbocycles. The monoisotopic (exact) mass is 581 g/mol. The van der Waals surface area contributed by atoms with E-state index < -0.39 is 26.7 Å². The summed E-state index contributed by atoms with van der Waals surface area (Å²) in [5.41, 5.74) is -0.0906. The van der Waals surface area contributed by atoms with Gasteiger partial charge in [0.2, 0.25) is 0 Å². The summed E-state index contributed by atoms with van der Waals surface area (Å²) in [5.74, 6) is -1.28. The van der Waals surface area contributed by atoms with Crippen LogP contribution in [-0.2, 0) is 10.1 Å². The Morgan fingerprint density at radius 2 is 1.76 bits per heavy atom. The number of fused-ring (bicyclic) bond motifs is 1. The first kappa shape index (κ1) is 29.9. The van der Waals surface area contributed by atoms with Gasteiger partial charge in [-0.25, -0.2) is 0 Å². The number of carbonyl (C=O) groups is 1. The second kappa shape index (κ2) is 12.0. The first-order valence-corrected chi connectivity index (χ1v) is 12.8. The molecule has 4 aromatic rings. The summed E-state index contributed by atoms with van der Waals surface area (Å²) >= 11 is 12.2. The number of aryl methyl sites for hydroxylation is 1. The average Bonchev–Trinajstić information content (AvgIpc) is 2.84. The summed E-state index contributed by atoms with van der Waals surface area (Å²) in [5, 5.41) is 24.8. The molecule has 13 heteroatoms. The Labute approximate surface area is 250 Å². The number of methoxy groups -OCH3 is 1. The fraction of sp³-hybridized carbons (Fsp3) is 0.0800. The Hall–Kier alpha value is -2.70. The zero-order valence-corrected chi connectivity index (χ0v) is 24.6. The number of ether oxygens (including phenoxy) is 1. The molecule has 0 aliphatic carbocycles. The number of anilines is 1. The number of rotatable bonds is 6. The number of azo groups is 1. The fourth-order valence-corrected chi connectivity index (χ4v) is 5.12. The van der Waals surface area contributed by atoms with Gasteiger partial charge in [0.15, 0.2) is 5.75 Å². The molecule has 38 heavy (non-hydrogen) atoms. The predicted molar refractivity (Wildman–Crippen MR) is 140 cm³/mol. The molecule has 9 nitrogen and oxygen atoms in total. The van der Waals surface area contributed by atoms with Gasteiger partial charge in [0.1, 0.15) is 10.6 Å². The van der Waals surface area contributed by atoms with Gasteiger partial charge in [-0.15, -0.1) is 5.11 Å². The molecule has 0 heterocycles. The number of nitrogens with zero attached hydrogens (tertiary/aromatic N) is 2. The Bertz CT molecular complexity index is 1700. The third-order valence-electron chi connectivity index (χ3n) is 5.42. The van der Waals surface area contributed by atoms with Crippen molar-refractivity contribution in [2.75, 3.05) is 12.4 Å². The number of amides is 1. The van der Waals surface area contributed by atoms with Crippen molar-refractivity contribution in [2.24, 2.45) is 10.2 Å². The summed E-state index contributed by atoms with van der Waals surface area (Å²) in [6.07, 6.45) is 0. The van der Waals surface area contributed by atoms with Crippen LogP contribution in [0.3, 0.4) is 0 Å². The minimum Gasteiger partial charge on any atom is -0.870 e. The maximum absolute atomic E-state index is 13.4. The van der Waals surface area contributed by atoms with E-state index in [1.54, 1.807) is 49.4 Å². The van der Waals surface area contributed by atoms with Crippen LogP contribution in [0.5, 0.6) is 11.5 Å². The van der Waals surface area contributed by atoms with Crippen LogP contribution in [0.4, 0.5) is 17.1 Å². The maximum Gasteiger partial charge on any atom is 1.00 e. The van der Waals surface area contributed by atoms with Gasteiger partial charge in [0, 0.05) is 10.9 Å². The van der Waals surface area contributed by atoms with E-state index in [2.05, 4.69) is 15.5 Å². The van der Waals surface area contributed by atoms with Crippen LogP contribution in [-0.4, -0.2) is 26.0 Å². The maximum atomic E-state index is 13.4. The minimum absolute atomic E-state index is 0. The molecule has 0 saturated heterocycles. The number of halogens is 2. The van der Waals surface area contributed by atoms with Crippen molar-refractivity contribution in [1.82, 2.24) is 0 Å². The second-order valence-corrected chi connectivity index (χ2v) is 9.96. The smallest absolute Gasteiger partial charge is 0.870 e. The van der Waals surface area contributed by atoms with E-state index in [9.17, 15) is 22.9 Å². The average molecular weight is 582 g/mol. The molecule has 190 valence electrons. The van der Waals surface area contributed by atoms with Crippen molar-refractivity contribution >= 4 is 67.1 Å². The van der Waals surface area contributed by atoms with Crippen molar-refractivity contribution in [3.05, 3.63) is 81.8 Å². The molecule has 0 unspecified atom stereocenters. The molecule has 1 amide bonds. The third kappa shape index (κ3) is 5.97. The zero-order chi connectivity index (χ0) is 26.9. The summed E-state index contributed by atoms with van der Waals surface area (Å²) in [4.78, 5) is 12.5. The van der Waals surface area contributed by atoms with Crippen molar-refractivity contribution in [3.8, 4) is 11.5 Å². The van der Waals surface area contributed by atoms with Crippen LogP contribution in [0, 0.1) is 6.92 Å². The molecular formula is C25H18Cl2N3NaO6S. The number of carbonyl (C=O) groups excluding carboxylic acids is 1. The zero-order valence-electron chi connectivity index (χ0n) is 20.3. The van der Waals surface area contributed by atoms with Crippen LogP contribution < -0.4 is 44.7 Å². The van der Waals surface area contributed by atoms with E-state index in [1.165, 1.54) is 25.3 Å². The third-order valence-corrected chi connectivity index (χ3v) is 7.25. The molecule has 0 atom stereocenters. The Morgan fingerprint density at radius 1 is 1.05 bits per heavy atom. The van der Waals surface area contributed by atoms with E-state index in [0.29, 0.717) is 16.3 Å².